The molecule has 0 aromatic rings. The van der Waals surface area contributed by atoms with Gasteiger partial charge in [-0.3, -0.25) is 4.68 Å². The molecule has 2 heterocycles. The van der Waals surface area contributed by atoms with E-state index in [9.17, 15) is 0 Å². The lowest BCUT2D eigenvalue weighted by molar-refractivity contribution is 0.475. The zero-order valence-corrected chi connectivity index (χ0v) is 10.4. The van der Waals surface area contributed by atoms with E-state index in [4.69, 9.17) is 0 Å². The molecule has 0 aromatic heterocycles. The maximum atomic E-state index is 4.52. The average molecular weight is 217 g/mol. The molecule has 0 radical (unpaired) electrons. The van der Waals surface area contributed by atoms with Gasteiger partial charge in [0.2, 0.25) is 0 Å². The van der Waals surface area contributed by atoms with Crippen LogP contribution >= 0.6 is 0 Å². The second-order valence-corrected chi connectivity index (χ2v) is 5.04. The molecule has 3 nitrogen and oxygen atoms in total. The van der Waals surface area contributed by atoms with Gasteiger partial charge in [0.05, 0.1) is 0 Å². The maximum absolute atomic E-state index is 4.52. The first-order valence-corrected chi connectivity index (χ1v) is 5.90. The van der Waals surface area contributed by atoms with Crippen molar-refractivity contribution >= 4 is 0 Å². The zero-order chi connectivity index (χ0) is 11.7. The molecule has 0 saturated carbocycles. The topological polar surface area (TPSA) is 30.7 Å². The van der Waals surface area contributed by atoms with Crippen LogP contribution in [0.2, 0.25) is 0 Å². The first kappa shape index (κ1) is 11.1. The minimum Gasteiger partial charge on any atom is -0.270 e. The summed E-state index contributed by atoms with van der Waals surface area (Å²) in [6, 6.07) is 2.13. The fourth-order valence-corrected chi connectivity index (χ4v) is 1.90. The van der Waals surface area contributed by atoms with Gasteiger partial charge in [-0.1, -0.05) is 27.7 Å². The predicted octanol–water partition coefficient (Wildman–Crippen LogP) is 3.16. The highest BCUT2D eigenvalue weighted by atomic mass is 15.3. The van der Waals surface area contributed by atoms with Crippen LogP contribution in [0, 0.1) is 5.92 Å². The largest absolute Gasteiger partial charge is 0.270 e. The van der Waals surface area contributed by atoms with Crippen molar-refractivity contribution in [3.63, 3.8) is 0 Å². The summed E-state index contributed by atoms with van der Waals surface area (Å²) in [5.41, 5.74) is 2.48. The highest BCUT2D eigenvalue weighted by Gasteiger charge is 2.15. The molecular formula is C13H19N3. The van der Waals surface area contributed by atoms with Crippen molar-refractivity contribution in [3.8, 4) is 11.4 Å². The second-order valence-electron chi connectivity index (χ2n) is 5.04. The minimum absolute atomic E-state index is 0.507. The van der Waals surface area contributed by atoms with Crippen LogP contribution in [-0.4, -0.2) is 14.8 Å². The molecule has 2 rings (SSSR count). The van der Waals surface area contributed by atoms with Crippen LogP contribution in [0.3, 0.4) is 0 Å². The Bertz CT molecular complexity index is 443. The molecule has 0 unspecified atom stereocenters. The Hall–Kier alpha value is -1.38. The highest BCUT2D eigenvalue weighted by Crippen LogP contribution is 2.28. The molecule has 0 aromatic carbocycles. The van der Waals surface area contributed by atoms with E-state index in [1.807, 2.05) is 10.9 Å². The van der Waals surface area contributed by atoms with E-state index < -0.39 is 0 Å². The monoisotopic (exact) mass is 217 g/mol. The lowest BCUT2D eigenvalue weighted by Crippen LogP contribution is -2.09. The van der Waals surface area contributed by atoms with Crippen molar-refractivity contribution in [2.24, 2.45) is 5.92 Å². The van der Waals surface area contributed by atoms with E-state index in [1.54, 1.807) is 0 Å². The first-order chi connectivity index (χ1) is 7.58. The van der Waals surface area contributed by atoms with Crippen molar-refractivity contribution in [1.29, 1.82) is 0 Å². The Labute approximate surface area is 96.8 Å². The number of fused-ring (bicyclic) bond motifs is 1. The van der Waals surface area contributed by atoms with Gasteiger partial charge in [-0.05, 0) is 23.5 Å². The Balaban J connectivity index is 2.37. The van der Waals surface area contributed by atoms with Crippen molar-refractivity contribution in [1.82, 2.24) is 14.8 Å². The van der Waals surface area contributed by atoms with Crippen molar-refractivity contribution < 1.29 is 0 Å². The number of hydrogen-bond donors (Lipinski definition) is 0. The van der Waals surface area contributed by atoms with Gasteiger partial charge in [-0.15, -0.1) is 0 Å². The molecule has 0 N–H and O–H groups in total. The van der Waals surface area contributed by atoms with Crippen LogP contribution in [-0.2, 0) is 6.54 Å². The molecular weight excluding hydrogens is 198 g/mol. The van der Waals surface area contributed by atoms with Gasteiger partial charge in [0.15, 0.2) is 5.82 Å². The van der Waals surface area contributed by atoms with Crippen LogP contribution < -0.4 is 0 Å². The molecule has 3 heteroatoms. The zero-order valence-electron chi connectivity index (χ0n) is 10.4. The van der Waals surface area contributed by atoms with E-state index >= 15 is 0 Å². The summed E-state index contributed by atoms with van der Waals surface area (Å²) in [4.78, 5) is 4.38. The third-order valence-electron chi connectivity index (χ3n) is 2.69. The highest BCUT2D eigenvalue weighted by molar-refractivity contribution is 5.62. The Morgan fingerprint density at radius 2 is 2.00 bits per heavy atom. The summed E-state index contributed by atoms with van der Waals surface area (Å²) in [6.45, 7) is 9.70. The van der Waals surface area contributed by atoms with Gasteiger partial charge in [0.25, 0.3) is 0 Å². The minimum atomic E-state index is 0.507. The third kappa shape index (κ3) is 2.08. The van der Waals surface area contributed by atoms with Crippen LogP contribution in [0.25, 0.3) is 11.4 Å². The average Bonchev–Trinajstić information content (AvgIpc) is 2.59. The van der Waals surface area contributed by atoms with Gasteiger partial charge in [-0.25, -0.2) is 4.98 Å². The summed E-state index contributed by atoms with van der Waals surface area (Å²) in [5, 5.41) is 4.52. The van der Waals surface area contributed by atoms with Gasteiger partial charge in [-0.2, -0.15) is 5.10 Å². The molecule has 0 atom stereocenters. The molecule has 0 bridgehead atoms. The quantitative estimate of drug-likeness (QED) is 0.790. The van der Waals surface area contributed by atoms with E-state index in [1.165, 1.54) is 11.1 Å². The molecule has 0 aliphatic carbocycles. The molecule has 16 heavy (non-hydrogen) atoms. The second kappa shape index (κ2) is 4.24. The van der Waals surface area contributed by atoms with E-state index in [-0.39, 0.29) is 0 Å². The fourth-order valence-electron chi connectivity index (χ4n) is 1.90. The molecule has 0 amide bonds. The standard InChI is InChI=1S/C13H19N3/c1-9(2)8-16-6-5-11-12(10(3)4)7-14-13(11)15-16/h5-7,9-10H,8H2,1-4H3. The number of hydrogen-bond acceptors (Lipinski definition) is 2. The number of aromatic nitrogens is 3. The molecule has 2 aliphatic heterocycles. The summed E-state index contributed by atoms with van der Waals surface area (Å²) < 4.78 is 1.98. The van der Waals surface area contributed by atoms with Crippen molar-refractivity contribution in [3.05, 3.63) is 24.0 Å². The van der Waals surface area contributed by atoms with Crippen molar-refractivity contribution in [2.75, 3.05) is 0 Å². The van der Waals surface area contributed by atoms with Gasteiger partial charge in [0.1, 0.15) is 0 Å². The van der Waals surface area contributed by atoms with Gasteiger partial charge >= 0.3 is 0 Å². The first-order valence-electron chi connectivity index (χ1n) is 5.90. The molecule has 2 aliphatic rings. The summed E-state index contributed by atoms with van der Waals surface area (Å²) in [6.07, 6.45) is 4.00. The fraction of sp³-hybridized carbons (Fsp3) is 0.538. The molecule has 0 spiro atoms. The summed E-state index contributed by atoms with van der Waals surface area (Å²) in [5.74, 6) is 1.98. The number of rotatable bonds is 3. The molecule has 0 fully saturated rings. The SMILES string of the molecule is CC(C)Cn1ccc2c(C(C)C)cnc-2n1. The Kier molecular flexibility index (Phi) is 2.95. The predicted molar refractivity (Wildman–Crippen MR) is 65.6 cm³/mol. The van der Waals surface area contributed by atoms with Crippen LogP contribution in [0.4, 0.5) is 0 Å². The lowest BCUT2D eigenvalue weighted by Gasteiger charge is -2.11. The Morgan fingerprint density at radius 3 is 2.62 bits per heavy atom. The van der Waals surface area contributed by atoms with E-state index in [0.29, 0.717) is 11.8 Å². The van der Waals surface area contributed by atoms with Crippen LogP contribution in [0.15, 0.2) is 18.5 Å². The van der Waals surface area contributed by atoms with Crippen LogP contribution in [0.1, 0.15) is 39.2 Å². The number of nitrogens with zero attached hydrogens (tertiary/aromatic N) is 3. The summed E-state index contributed by atoms with van der Waals surface area (Å²) in [7, 11) is 0. The normalized spacial score (nSPS) is 11.9. The van der Waals surface area contributed by atoms with Gasteiger partial charge in [0, 0.05) is 24.5 Å². The summed E-state index contributed by atoms with van der Waals surface area (Å²) >= 11 is 0. The molecule has 0 saturated heterocycles. The van der Waals surface area contributed by atoms with Crippen molar-refractivity contribution in [2.45, 2.75) is 40.2 Å². The van der Waals surface area contributed by atoms with E-state index in [2.05, 4.69) is 50.0 Å². The lowest BCUT2D eigenvalue weighted by atomic mass is 10.0. The van der Waals surface area contributed by atoms with E-state index in [0.717, 1.165) is 12.4 Å². The molecule has 86 valence electrons. The third-order valence-corrected chi connectivity index (χ3v) is 2.69. The van der Waals surface area contributed by atoms with Gasteiger partial charge < -0.3 is 0 Å². The maximum Gasteiger partial charge on any atom is 0.179 e. The van der Waals surface area contributed by atoms with Crippen LogP contribution in [0.5, 0.6) is 0 Å². The smallest absolute Gasteiger partial charge is 0.179 e. The Morgan fingerprint density at radius 1 is 1.25 bits per heavy atom.